The van der Waals surface area contributed by atoms with E-state index in [1.807, 2.05) is 24.3 Å². The Hall–Kier alpha value is -1.57. The second kappa shape index (κ2) is 5.43. The summed E-state index contributed by atoms with van der Waals surface area (Å²) in [6.07, 6.45) is 0. The molecule has 3 rings (SSSR count). The van der Waals surface area contributed by atoms with Crippen LogP contribution >= 0.6 is 34.7 Å². The lowest BCUT2D eigenvalue weighted by atomic mass is 10.3. The fraction of sp³-hybridized carbons (Fsp3) is 0.0833. The van der Waals surface area contributed by atoms with Gasteiger partial charge in [0.25, 0.3) is 0 Å². The van der Waals surface area contributed by atoms with Crippen LogP contribution in [0.2, 0.25) is 5.15 Å². The van der Waals surface area contributed by atoms with Crippen molar-refractivity contribution in [3.05, 3.63) is 34.3 Å². The van der Waals surface area contributed by atoms with Crippen LogP contribution in [0, 0.1) is 0 Å². The maximum atomic E-state index is 11.5. The van der Waals surface area contributed by atoms with Crippen LogP contribution in [0.1, 0.15) is 9.67 Å². The number of methoxy groups -OCH3 is 1. The van der Waals surface area contributed by atoms with Gasteiger partial charge in [0.1, 0.15) is 0 Å². The first-order valence-corrected chi connectivity index (χ1v) is 7.55. The zero-order valence-electron chi connectivity index (χ0n) is 10.2. The molecule has 2 aromatic heterocycles. The zero-order valence-corrected chi connectivity index (χ0v) is 12.6. The lowest BCUT2D eigenvalue weighted by molar-refractivity contribution is 0.0606. The van der Waals surface area contributed by atoms with E-state index < -0.39 is 5.97 Å². The average Bonchev–Trinajstić information content (AvgIpc) is 3.01. The lowest BCUT2D eigenvalue weighted by Crippen LogP contribution is -1.98. The fourth-order valence-electron chi connectivity index (χ4n) is 1.61. The first-order valence-electron chi connectivity index (χ1n) is 5.54. The van der Waals surface area contributed by atoms with Gasteiger partial charge in [-0.15, -0.1) is 0 Å². The summed E-state index contributed by atoms with van der Waals surface area (Å²) < 4.78 is 5.28. The van der Waals surface area contributed by atoms with E-state index in [0.29, 0.717) is 14.4 Å². The quantitative estimate of drug-likeness (QED) is 0.745. The molecule has 0 saturated heterocycles. The number of thiazole rings is 1. The third-order valence-electron chi connectivity index (χ3n) is 2.49. The van der Waals surface area contributed by atoms with Gasteiger partial charge in [0.2, 0.25) is 0 Å². The van der Waals surface area contributed by atoms with Crippen molar-refractivity contribution in [2.75, 3.05) is 7.11 Å². The summed E-state index contributed by atoms with van der Waals surface area (Å²) in [5.74, 6) is -0.482. The number of nitrogens with one attached hydrogen (secondary N) is 1. The van der Waals surface area contributed by atoms with E-state index in [1.165, 1.54) is 30.2 Å². The minimum atomic E-state index is -0.482. The number of aromatic nitrogens is 3. The number of ether oxygens (including phenoxy) is 1. The van der Waals surface area contributed by atoms with Crippen molar-refractivity contribution in [2.24, 2.45) is 0 Å². The number of imidazole rings is 1. The Bertz CT molecular complexity index is 751. The Morgan fingerprint density at radius 2 is 2.20 bits per heavy atom. The molecular formula is C12H8ClN3O2S2. The van der Waals surface area contributed by atoms with Crippen molar-refractivity contribution in [1.29, 1.82) is 0 Å². The van der Waals surface area contributed by atoms with Gasteiger partial charge < -0.3 is 9.72 Å². The smallest absolute Gasteiger partial charge is 0.351 e. The second-order valence-corrected chi connectivity index (χ2v) is 6.35. The van der Waals surface area contributed by atoms with E-state index in [1.54, 1.807) is 0 Å². The Kier molecular flexibility index (Phi) is 3.64. The molecule has 1 aromatic carbocycles. The van der Waals surface area contributed by atoms with Gasteiger partial charge >= 0.3 is 5.97 Å². The molecule has 20 heavy (non-hydrogen) atoms. The SMILES string of the molecule is COC(=O)c1sc(Sc2nc3ccccc3[nH]2)nc1Cl. The van der Waals surface area contributed by atoms with Crippen molar-refractivity contribution in [3.63, 3.8) is 0 Å². The summed E-state index contributed by atoms with van der Waals surface area (Å²) in [4.78, 5) is 23.5. The molecule has 0 radical (unpaired) electrons. The number of carbonyl (C=O) groups excluding carboxylic acids is 1. The largest absolute Gasteiger partial charge is 0.465 e. The van der Waals surface area contributed by atoms with Crippen LogP contribution in [0.5, 0.6) is 0 Å². The predicted molar refractivity (Wildman–Crippen MR) is 78.7 cm³/mol. The van der Waals surface area contributed by atoms with Gasteiger partial charge in [-0.05, 0) is 23.9 Å². The van der Waals surface area contributed by atoms with Gasteiger partial charge in [0, 0.05) is 0 Å². The number of esters is 1. The molecule has 0 saturated carbocycles. The van der Waals surface area contributed by atoms with Crippen LogP contribution in [0.15, 0.2) is 33.8 Å². The molecular weight excluding hydrogens is 318 g/mol. The van der Waals surface area contributed by atoms with Gasteiger partial charge in [-0.1, -0.05) is 35.1 Å². The maximum Gasteiger partial charge on any atom is 0.351 e. The van der Waals surface area contributed by atoms with Gasteiger partial charge in [-0.3, -0.25) is 0 Å². The number of para-hydroxylation sites is 2. The Morgan fingerprint density at radius 3 is 2.95 bits per heavy atom. The molecule has 8 heteroatoms. The summed E-state index contributed by atoms with van der Waals surface area (Å²) in [6.45, 7) is 0. The number of hydrogen-bond acceptors (Lipinski definition) is 6. The summed E-state index contributed by atoms with van der Waals surface area (Å²) in [6, 6.07) is 7.73. The number of nitrogens with zero attached hydrogens (tertiary/aromatic N) is 2. The molecule has 5 nitrogen and oxygen atoms in total. The van der Waals surface area contributed by atoms with E-state index in [-0.39, 0.29) is 5.15 Å². The number of halogens is 1. The Balaban J connectivity index is 1.89. The number of aromatic amines is 1. The molecule has 0 aliphatic rings. The normalized spacial score (nSPS) is 10.9. The predicted octanol–water partition coefficient (Wildman–Crippen LogP) is 3.61. The van der Waals surface area contributed by atoms with Crippen molar-refractivity contribution in [3.8, 4) is 0 Å². The fourth-order valence-corrected chi connectivity index (χ4v) is 3.85. The summed E-state index contributed by atoms with van der Waals surface area (Å²) in [5.41, 5.74) is 1.83. The van der Waals surface area contributed by atoms with Crippen molar-refractivity contribution in [2.45, 2.75) is 9.50 Å². The molecule has 0 bridgehead atoms. The molecule has 2 heterocycles. The molecule has 0 unspecified atom stereocenters. The molecule has 0 amide bonds. The van der Waals surface area contributed by atoms with Crippen molar-refractivity contribution in [1.82, 2.24) is 15.0 Å². The van der Waals surface area contributed by atoms with Crippen molar-refractivity contribution >= 4 is 51.7 Å². The number of fused-ring (bicyclic) bond motifs is 1. The summed E-state index contributed by atoms with van der Waals surface area (Å²) >= 11 is 8.43. The number of hydrogen-bond donors (Lipinski definition) is 1. The third-order valence-corrected chi connectivity index (χ3v) is 4.86. The van der Waals surface area contributed by atoms with Gasteiger partial charge in [-0.25, -0.2) is 14.8 Å². The summed E-state index contributed by atoms with van der Waals surface area (Å²) in [5, 5.41) is 0.855. The first kappa shape index (κ1) is 13.4. The van der Waals surface area contributed by atoms with E-state index in [0.717, 1.165) is 11.0 Å². The molecule has 0 atom stereocenters. The van der Waals surface area contributed by atoms with Crippen LogP contribution in [-0.4, -0.2) is 28.0 Å². The summed E-state index contributed by atoms with van der Waals surface area (Å²) in [7, 11) is 1.31. The number of carbonyl (C=O) groups is 1. The topological polar surface area (TPSA) is 67.9 Å². The van der Waals surface area contributed by atoms with Gasteiger partial charge in [0.15, 0.2) is 19.5 Å². The maximum absolute atomic E-state index is 11.5. The minimum absolute atomic E-state index is 0.153. The Labute approximate surface area is 127 Å². The zero-order chi connectivity index (χ0) is 14.1. The third kappa shape index (κ3) is 2.52. The molecule has 0 aliphatic carbocycles. The van der Waals surface area contributed by atoms with E-state index >= 15 is 0 Å². The van der Waals surface area contributed by atoms with Crippen LogP contribution in [0.3, 0.4) is 0 Å². The van der Waals surface area contributed by atoms with E-state index in [4.69, 9.17) is 11.6 Å². The molecule has 0 aliphatic heterocycles. The van der Waals surface area contributed by atoms with Crippen molar-refractivity contribution < 1.29 is 9.53 Å². The molecule has 102 valence electrons. The van der Waals surface area contributed by atoms with Gasteiger partial charge in [-0.2, -0.15) is 0 Å². The first-order chi connectivity index (χ1) is 9.67. The monoisotopic (exact) mass is 325 g/mol. The van der Waals surface area contributed by atoms with Crippen LogP contribution in [0.25, 0.3) is 11.0 Å². The lowest BCUT2D eigenvalue weighted by Gasteiger charge is -1.92. The minimum Gasteiger partial charge on any atom is -0.465 e. The van der Waals surface area contributed by atoms with Crippen LogP contribution < -0.4 is 0 Å². The number of benzene rings is 1. The van der Waals surface area contributed by atoms with E-state index in [2.05, 4.69) is 19.7 Å². The highest BCUT2D eigenvalue weighted by Gasteiger charge is 2.18. The highest BCUT2D eigenvalue weighted by Crippen LogP contribution is 2.34. The second-order valence-electron chi connectivity index (χ2n) is 3.75. The highest BCUT2D eigenvalue weighted by molar-refractivity contribution is 8.00. The van der Waals surface area contributed by atoms with Crippen LogP contribution in [-0.2, 0) is 4.74 Å². The molecule has 0 fully saturated rings. The van der Waals surface area contributed by atoms with E-state index in [9.17, 15) is 4.79 Å². The van der Waals surface area contributed by atoms with Gasteiger partial charge in [0.05, 0.1) is 18.1 Å². The molecule has 3 aromatic rings. The highest BCUT2D eigenvalue weighted by atomic mass is 35.5. The van der Waals surface area contributed by atoms with Crippen LogP contribution in [0.4, 0.5) is 0 Å². The number of H-pyrrole nitrogens is 1. The average molecular weight is 326 g/mol. The standard InChI is InChI=1S/C12H8ClN3O2S2/c1-18-10(17)8-9(13)16-12(19-8)20-11-14-6-4-2-3-5-7(6)15-11/h2-5H,1H3,(H,14,15). The Morgan fingerprint density at radius 1 is 1.40 bits per heavy atom. The molecule has 0 spiro atoms. The molecule has 1 N–H and O–H groups in total. The number of rotatable bonds is 3.